The summed E-state index contributed by atoms with van der Waals surface area (Å²) in [7, 11) is 0. The van der Waals surface area contributed by atoms with Crippen LogP contribution >= 0.6 is 0 Å². The van der Waals surface area contributed by atoms with Crippen LogP contribution in [0.4, 0.5) is 17.6 Å². The van der Waals surface area contributed by atoms with Crippen LogP contribution in [-0.4, -0.2) is 41.1 Å². The van der Waals surface area contributed by atoms with Gasteiger partial charge in [0.2, 0.25) is 0 Å². The zero-order chi connectivity index (χ0) is 13.8. The number of halogens is 4. The van der Waals surface area contributed by atoms with Crippen molar-refractivity contribution in [2.24, 2.45) is 0 Å². The standard InChI is InChI=1S/C10H12F4N2O2/c1-2-16-4-7(3-15-16)8(17)5-18-6-10(13,14)9(11)12/h3-4,9H,2,5-6H2,1H3. The van der Waals surface area contributed by atoms with E-state index in [0.29, 0.717) is 6.54 Å². The third kappa shape index (κ3) is 3.80. The second-order valence-electron chi connectivity index (χ2n) is 3.56. The average molecular weight is 268 g/mol. The van der Waals surface area contributed by atoms with Gasteiger partial charge in [-0.15, -0.1) is 0 Å². The van der Waals surface area contributed by atoms with Crippen molar-refractivity contribution < 1.29 is 27.1 Å². The lowest BCUT2D eigenvalue weighted by atomic mass is 10.2. The van der Waals surface area contributed by atoms with Gasteiger partial charge in [-0.25, -0.2) is 8.78 Å². The maximum Gasteiger partial charge on any atom is 0.330 e. The summed E-state index contributed by atoms with van der Waals surface area (Å²) < 4.78 is 54.2. The van der Waals surface area contributed by atoms with E-state index in [1.807, 2.05) is 0 Å². The predicted octanol–water partition coefficient (Wildman–Crippen LogP) is 2.00. The fraction of sp³-hybridized carbons (Fsp3) is 0.600. The van der Waals surface area contributed by atoms with Gasteiger partial charge in [-0.2, -0.15) is 13.9 Å². The Morgan fingerprint density at radius 1 is 1.56 bits per heavy atom. The second-order valence-corrected chi connectivity index (χ2v) is 3.56. The Bertz CT molecular complexity index is 406. The molecule has 0 atom stereocenters. The monoisotopic (exact) mass is 268 g/mol. The normalized spacial score (nSPS) is 12.1. The highest BCUT2D eigenvalue weighted by molar-refractivity contribution is 5.96. The van der Waals surface area contributed by atoms with E-state index in [4.69, 9.17) is 0 Å². The Morgan fingerprint density at radius 3 is 2.72 bits per heavy atom. The first kappa shape index (κ1) is 14.6. The van der Waals surface area contributed by atoms with Crippen molar-refractivity contribution in [3.63, 3.8) is 0 Å². The summed E-state index contributed by atoms with van der Waals surface area (Å²) >= 11 is 0. The molecule has 0 fully saturated rings. The average Bonchev–Trinajstić information content (AvgIpc) is 2.76. The molecule has 1 rings (SSSR count). The lowest BCUT2D eigenvalue weighted by Gasteiger charge is -2.14. The lowest BCUT2D eigenvalue weighted by molar-refractivity contribution is -0.163. The molecule has 0 aromatic carbocycles. The number of hydrogen-bond acceptors (Lipinski definition) is 3. The lowest BCUT2D eigenvalue weighted by Crippen LogP contribution is -2.33. The van der Waals surface area contributed by atoms with Gasteiger partial charge in [0.25, 0.3) is 0 Å². The van der Waals surface area contributed by atoms with E-state index in [1.165, 1.54) is 17.1 Å². The molecule has 8 heteroatoms. The number of hydrogen-bond donors (Lipinski definition) is 0. The summed E-state index contributed by atoms with van der Waals surface area (Å²) in [6, 6.07) is 0. The fourth-order valence-corrected chi connectivity index (χ4v) is 1.11. The molecular weight excluding hydrogens is 256 g/mol. The van der Waals surface area contributed by atoms with Gasteiger partial charge in [0, 0.05) is 12.7 Å². The maximum absolute atomic E-state index is 12.5. The molecule has 0 radical (unpaired) electrons. The number of alkyl halides is 4. The SMILES string of the molecule is CCn1cc(C(=O)COCC(F)(F)C(F)F)cn1. The zero-order valence-corrected chi connectivity index (χ0v) is 9.58. The topological polar surface area (TPSA) is 44.1 Å². The van der Waals surface area contributed by atoms with Crippen LogP contribution in [0.2, 0.25) is 0 Å². The predicted molar refractivity (Wildman–Crippen MR) is 54.0 cm³/mol. The fourth-order valence-electron chi connectivity index (χ4n) is 1.11. The first-order chi connectivity index (χ1) is 8.36. The van der Waals surface area contributed by atoms with Crippen LogP contribution in [0, 0.1) is 0 Å². The molecule has 4 nitrogen and oxygen atoms in total. The number of aryl methyl sites for hydroxylation is 1. The first-order valence-electron chi connectivity index (χ1n) is 5.16. The van der Waals surface area contributed by atoms with Crippen molar-refractivity contribution >= 4 is 5.78 Å². The number of carbonyl (C=O) groups excluding carboxylic acids is 1. The number of Topliss-reactive ketones (excluding diaryl/α,β-unsaturated/α-hetero) is 1. The maximum atomic E-state index is 12.5. The molecule has 102 valence electrons. The van der Waals surface area contributed by atoms with E-state index in [0.717, 1.165) is 0 Å². The van der Waals surface area contributed by atoms with Gasteiger partial charge in [-0.1, -0.05) is 0 Å². The molecule has 0 aliphatic rings. The number of carbonyl (C=O) groups is 1. The molecule has 0 saturated carbocycles. The zero-order valence-electron chi connectivity index (χ0n) is 9.58. The number of ketones is 1. The van der Waals surface area contributed by atoms with E-state index in [-0.39, 0.29) is 5.56 Å². The van der Waals surface area contributed by atoms with Gasteiger partial charge >= 0.3 is 12.3 Å². The summed E-state index contributed by atoms with van der Waals surface area (Å²) in [5.41, 5.74) is 0.192. The summed E-state index contributed by atoms with van der Waals surface area (Å²) in [6.07, 6.45) is -1.12. The van der Waals surface area contributed by atoms with Crippen molar-refractivity contribution in [3.05, 3.63) is 18.0 Å². The van der Waals surface area contributed by atoms with Crippen molar-refractivity contribution in [2.45, 2.75) is 25.8 Å². The van der Waals surface area contributed by atoms with E-state index in [2.05, 4.69) is 9.84 Å². The summed E-state index contributed by atoms with van der Waals surface area (Å²) in [6.45, 7) is 0.189. The van der Waals surface area contributed by atoms with Gasteiger partial charge in [-0.05, 0) is 6.92 Å². The molecular formula is C10H12F4N2O2. The Balaban J connectivity index is 2.42. The van der Waals surface area contributed by atoms with Crippen LogP contribution in [0.3, 0.4) is 0 Å². The van der Waals surface area contributed by atoms with Crippen molar-refractivity contribution in [1.29, 1.82) is 0 Å². The molecule has 1 aromatic heterocycles. The molecule has 1 heterocycles. The highest BCUT2D eigenvalue weighted by Crippen LogP contribution is 2.22. The minimum atomic E-state index is -4.24. The van der Waals surface area contributed by atoms with Gasteiger partial charge in [0.05, 0.1) is 11.8 Å². The van der Waals surface area contributed by atoms with E-state index in [9.17, 15) is 22.4 Å². The van der Waals surface area contributed by atoms with Crippen molar-refractivity contribution in [3.8, 4) is 0 Å². The Morgan fingerprint density at radius 2 is 2.22 bits per heavy atom. The third-order valence-electron chi connectivity index (χ3n) is 2.13. The molecule has 0 unspecified atom stereocenters. The van der Waals surface area contributed by atoms with E-state index >= 15 is 0 Å². The van der Waals surface area contributed by atoms with Gasteiger partial charge in [-0.3, -0.25) is 9.48 Å². The molecule has 0 aliphatic carbocycles. The number of aromatic nitrogens is 2. The number of rotatable bonds is 7. The number of ether oxygens (including phenoxy) is 1. The molecule has 1 aromatic rings. The summed E-state index contributed by atoms with van der Waals surface area (Å²) in [5, 5.41) is 3.81. The van der Waals surface area contributed by atoms with Gasteiger partial charge < -0.3 is 4.74 Å². The highest BCUT2D eigenvalue weighted by Gasteiger charge is 2.41. The Labute approximate surface area is 101 Å². The van der Waals surface area contributed by atoms with Gasteiger partial charge in [0.15, 0.2) is 5.78 Å². The Hall–Kier alpha value is -1.44. The second kappa shape index (κ2) is 5.94. The Kier molecular flexibility index (Phi) is 4.83. The number of nitrogens with zero attached hydrogens (tertiary/aromatic N) is 2. The molecule has 0 aliphatic heterocycles. The first-order valence-corrected chi connectivity index (χ1v) is 5.16. The van der Waals surface area contributed by atoms with Crippen LogP contribution < -0.4 is 0 Å². The molecule has 18 heavy (non-hydrogen) atoms. The van der Waals surface area contributed by atoms with E-state index in [1.54, 1.807) is 6.92 Å². The molecule has 0 N–H and O–H groups in total. The summed E-state index contributed by atoms with van der Waals surface area (Å²) in [5.74, 6) is -4.83. The van der Waals surface area contributed by atoms with Crippen LogP contribution in [0.5, 0.6) is 0 Å². The minimum absolute atomic E-state index is 0.192. The molecule has 0 amide bonds. The quantitative estimate of drug-likeness (QED) is 0.561. The highest BCUT2D eigenvalue weighted by atomic mass is 19.3. The third-order valence-corrected chi connectivity index (χ3v) is 2.13. The van der Waals surface area contributed by atoms with Crippen LogP contribution in [0.25, 0.3) is 0 Å². The van der Waals surface area contributed by atoms with Crippen LogP contribution in [0.15, 0.2) is 12.4 Å². The van der Waals surface area contributed by atoms with Crippen LogP contribution in [-0.2, 0) is 11.3 Å². The van der Waals surface area contributed by atoms with Gasteiger partial charge in [0.1, 0.15) is 13.2 Å². The largest absolute Gasteiger partial charge is 0.367 e. The van der Waals surface area contributed by atoms with Crippen molar-refractivity contribution in [2.75, 3.05) is 13.2 Å². The van der Waals surface area contributed by atoms with E-state index < -0.39 is 31.3 Å². The van der Waals surface area contributed by atoms with Crippen molar-refractivity contribution in [1.82, 2.24) is 9.78 Å². The minimum Gasteiger partial charge on any atom is -0.367 e. The smallest absolute Gasteiger partial charge is 0.330 e. The molecule has 0 saturated heterocycles. The molecule has 0 bridgehead atoms. The molecule has 0 spiro atoms. The van der Waals surface area contributed by atoms with Crippen LogP contribution in [0.1, 0.15) is 17.3 Å². The summed E-state index contributed by atoms with van der Waals surface area (Å²) in [4.78, 5) is 11.4.